The molecule has 0 spiro atoms. The zero-order valence-corrected chi connectivity index (χ0v) is 7.53. The Bertz CT molecular complexity index is 379. The topological polar surface area (TPSA) is 26.0 Å². The van der Waals surface area contributed by atoms with Crippen LogP contribution in [0.15, 0.2) is 41.1 Å². The third-order valence-electron chi connectivity index (χ3n) is 1.96. The molecule has 0 aliphatic rings. The van der Waals surface area contributed by atoms with Crippen molar-refractivity contribution in [2.24, 2.45) is 0 Å². The van der Waals surface area contributed by atoms with E-state index in [0.29, 0.717) is 0 Å². The molecule has 2 nitrogen and oxygen atoms in total. The fraction of sp³-hybridized carbons (Fsp3) is 0.182. The van der Waals surface area contributed by atoms with Crippen molar-refractivity contribution in [2.45, 2.75) is 13.3 Å². The van der Waals surface area contributed by atoms with Gasteiger partial charge in [0.05, 0.1) is 5.69 Å². The van der Waals surface area contributed by atoms with Gasteiger partial charge in [-0.15, -0.1) is 0 Å². The summed E-state index contributed by atoms with van der Waals surface area (Å²) in [5.41, 5.74) is 3.53. The molecule has 1 heterocycles. The minimum absolute atomic E-state index is 0.845. The minimum Gasteiger partial charge on any atom is -0.365 e. The molecule has 0 amide bonds. The van der Waals surface area contributed by atoms with Crippen LogP contribution in [0.3, 0.4) is 0 Å². The van der Waals surface area contributed by atoms with E-state index in [0.717, 1.165) is 12.1 Å². The number of nitrogens with zero attached hydrogens (tertiary/aromatic N) is 1. The second-order valence-electron chi connectivity index (χ2n) is 3.16. The van der Waals surface area contributed by atoms with Gasteiger partial charge in [0.25, 0.3) is 0 Å². The second kappa shape index (κ2) is 3.44. The molecule has 0 aliphatic carbocycles. The molecule has 0 radical (unpaired) electrons. The van der Waals surface area contributed by atoms with Gasteiger partial charge in [0.2, 0.25) is 0 Å². The zero-order chi connectivity index (χ0) is 9.10. The normalized spacial score (nSPS) is 10.2. The van der Waals surface area contributed by atoms with E-state index in [9.17, 15) is 0 Å². The summed E-state index contributed by atoms with van der Waals surface area (Å²) in [7, 11) is 0. The van der Waals surface area contributed by atoms with Gasteiger partial charge in [-0.05, 0) is 12.5 Å². The first-order valence-electron chi connectivity index (χ1n) is 4.29. The summed E-state index contributed by atoms with van der Waals surface area (Å²) in [6, 6.07) is 10.3. The molecule has 13 heavy (non-hydrogen) atoms. The molecule has 0 aliphatic heterocycles. The van der Waals surface area contributed by atoms with Crippen LogP contribution in [-0.2, 0) is 6.42 Å². The van der Waals surface area contributed by atoms with E-state index < -0.39 is 0 Å². The zero-order valence-electron chi connectivity index (χ0n) is 7.53. The van der Waals surface area contributed by atoms with Crippen molar-refractivity contribution in [2.75, 3.05) is 0 Å². The van der Waals surface area contributed by atoms with Crippen LogP contribution < -0.4 is 0 Å². The lowest BCUT2D eigenvalue weighted by molar-refractivity contribution is 0.413. The van der Waals surface area contributed by atoms with E-state index in [2.05, 4.69) is 36.3 Å². The van der Waals surface area contributed by atoms with Crippen molar-refractivity contribution in [3.05, 3.63) is 53.4 Å². The highest BCUT2D eigenvalue weighted by Crippen LogP contribution is 2.09. The SMILES string of the molecule is Cc1cccc(Cc2ccon2)c1. The van der Waals surface area contributed by atoms with Crippen molar-refractivity contribution in [1.29, 1.82) is 0 Å². The van der Waals surface area contributed by atoms with Crippen LogP contribution in [0.4, 0.5) is 0 Å². The Morgan fingerprint density at radius 2 is 2.23 bits per heavy atom. The Morgan fingerprint density at radius 3 is 2.92 bits per heavy atom. The van der Waals surface area contributed by atoms with Crippen LogP contribution >= 0.6 is 0 Å². The molecule has 0 saturated heterocycles. The van der Waals surface area contributed by atoms with E-state index >= 15 is 0 Å². The molecular weight excluding hydrogens is 162 g/mol. The van der Waals surface area contributed by atoms with Gasteiger partial charge in [0.15, 0.2) is 0 Å². The monoisotopic (exact) mass is 173 g/mol. The van der Waals surface area contributed by atoms with Crippen LogP contribution in [0.1, 0.15) is 16.8 Å². The number of aryl methyl sites for hydroxylation is 1. The number of hydrogen-bond acceptors (Lipinski definition) is 2. The fourth-order valence-corrected chi connectivity index (χ4v) is 1.36. The lowest BCUT2D eigenvalue weighted by Crippen LogP contribution is -1.87. The molecule has 1 aromatic carbocycles. The van der Waals surface area contributed by atoms with Crippen molar-refractivity contribution < 1.29 is 4.52 Å². The van der Waals surface area contributed by atoms with Gasteiger partial charge < -0.3 is 4.52 Å². The van der Waals surface area contributed by atoms with Gasteiger partial charge in [-0.25, -0.2) is 0 Å². The van der Waals surface area contributed by atoms with E-state index in [-0.39, 0.29) is 0 Å². The van der Waals surface area contributed by atoms with Crippen LogP contribution in [-0.4, -0.2) is 5.16 Å². The van der Waals surface area contributed by atoms with Crippen molar-refractivity contribution in [3.63, 3.8) is 0 Å². The van der Waals surface area contributed by atoms with Crippen LogP contribution in [0.5, 0.6) is 0 Å². The van der Waals surface area contributed by atoms with Gasteiger partial charge in [-0.2, -0.15) is 0 Å². The van der Waals surface area contributed by atoms with Gasteiger partial charge in [-0.3, -0.25) is 0 Å². The van der Waals surface area contributed by atoms with Crippen molar-refractivity contribution in [1.82, 2.24) is 5.16 Å². The molecule has 0 atom stereocenters. The maximum Gasteiger partial charge on any atom is 0.124 e. The van der Waals surface area contributed by atoms with Crippen LogP contribution in [0, 0.1) is 6.92 Å². The molecule has 1 aromatic heterocycles. The quantitative estimate of drug-likeness (QED) is 0.697. The molecule has 0 saturated carbocycles. The minimum atomic E-state index is 0.845. The van der Waals surface area contributed by atoms with Crippen molar-refractivity contribution >= 4 is 0 Å². The highest BCUT2D eigenvalue weighted by atomic mass is 16.5. The summed E-state index contributed by atoms with van der Waals surface area (Å²) >= 11 is 0. The molecule has 0 fully saturated rings. The van der Waals surface area contributed by atoms with Crippen LogP contribution in [0.25, 0.3) is 0 Å². The molecule has 0 bridgehead atoms. The lowest BCUT2D eigenvalue weighted by atomic mass is 10.1. The molecule has 2 rings (SSSR count). The number of hydrogen-bond donors (Lipinski definition) is 0. The van der Waals surface area contributed by atoms with Crippen molar-refractivity contribution in [3.8, 4) is 0 Å². The summed E-state index contributed by atoms with van der Waals surface area (Å²) in [6.45, 7) is 2.09. The Balaban J connectivity index is 2.19. The van der Waals surface area contributed by atoms with E-state index in [1.54, 1.807) is 6.26 Å². The van der Waals surface area contributed by atoms with E-state index in [4.69, 9.17) is 4.52 Å². The first-order valence-corrected chi connectivity index (χ1v) is 4.29. The number of aromatic nitrogens is 1. The first kappa shape index (κ1) is 8.05. The lowest BCUT2D eigenvalue weighted by Gasteiger charge is -1.98. The van der Waals surface area contributed by atoms with Gasteiger partial charge in [-0.1, -0.05) is 35.0 Å². The van der Waals surface area contributed by atoms with Gasteiger partial charge in [0.1, 0.15) is 6.26 Å². The van der Waals surface area contributed by atoms with Gasteiger partial charge in [0, 0.05) is 12.5 Å². The Morgan fingerprint density at radius 1 is 1.31 bits per heavy atom. The summed E-state index contributed by atoms with van der Waals surface area (Å²) in [6.07, 6.45) is 2.45. The molecule has 0 unspecified atom stereocenters. The highest BCUT2D eigenvalue weighted by Gasteiger charge is 1.98. The third-order valence-corrected chi connectivity index (χ3v) is 1.96. The summed E-state index contributed by atoms with van der Waals surface area (Å²) in [5.74, 6) is 0. The summed E-state index contributed by atoms with van der Waals surface area (Å²) in [4.78, 5) is 0. The maximum absolute atomic E-state index is 4.77. The predicted molar refractivity (Wildman–Crippen MR) is 50.5 cm³/mol. The molecule has 2 aromatic rings. The highest BCUT2D eigenvalue weighted by molar-refractivity contribution is 5.25. The Kier molecular flexibility index (Phi) is 2.13. The molecule has 2 heteroatoms. The largest absolute Gasteiger partial charge is 0.365 e. The predicted octanol–water partition coefficient (Wildman–Crippen LogP) is 2.57. The number of rotatable bonds is 2. The van der Waals surface area contributed by atoms with Crippen LogP contribution in [0.2, 0.25) is 0 Å². The fourth-order valence-electron chi connectivity index (χ4n) is 1.36. The Labute approximate surface area is 77.2 Å². The molecule has 0 N–H and O–H groups in total. The Hall–Kier alpha value is -1.57. The van der Waals surface area contributed by atoms with E-state index in [1.807, 2.05) is 6.07 Å². The summed E-state index contributed by atoms with van der Waals surface area (Å²) in [5, 5.41) is 3.87. The standard InChI is InChI=1S/C11H11NO/c1-9-3-2-4-10(7-9)8-11-5-6-13-12-11/h2-7H,8H2,1H3. The average Bonchev–Trinajstić information content (AvgIpc) is 2.57. The summed E-state index contributed by atoms with van der Waals surface area (Å²) < 4.78 is 4.77. The molecule has 66 valence electrons. The van der Waals surface area contributed by atoms with E-state index in [1.165, 1.54) is 11.1 Å². The third kappa shape index (κ3) is 1.96. The second-order valence-corrected chi connectivity index (χ2v) is 3.16. The average molecular weight is 173 g/mol. The smallest absolute Gasteiger partial charge is 0.124 e. The molecular formula is C11H11NO. The maximum atomic E-state index is 4.77. The van der Waals surface area contributed by atoms with Gasteiger partial charge >= 0.3 is 0 Å². The number of benzene rings is 1. The first-order chi connectivity index (χ1) is 6.34.